The quantitative estimate of drug-likeness (QED) is 0.306. The molecule has 5 rings (SSSR count). The van der Waals surface area contributed by atoms with Crippen LogP contribution in [0.4, 0.5) is 14.6 Å². The Morgan fingerprint density at radius 3 is 2.76 bits per heavy atom. The Balaban J connectivity index is 1.45. The highest BCUT2D eigenvalue weighted by molar-refractivity contribution is 7.99. The molecular formula is C22H26F2N6O3S. The lowest BCUT2D eigenvalue weighted by atomic mass is 10.1. The van der Waals surface area contributed by atoms with Crippen LogP contribution >= 0.6 is 11.8 Å². The molecule has 0 radical (unpaired) electrons. The maximum absolute atomic E-state index is 13.7. The van der Waals surface area contributed by atoms with E-state index in [-0.39, 0.29) is 31.2 Å². The zero-order chi connectivity index (χ0) is 23.8. The molecule has 9 nitrogen and oxygen atoms in total. The second-order valence-corrected chi connectivity index (χ2v) is 9.70. The van der Waals surface area contributed by atoms with Gasteiger partial charge in [0.05, 0.1) is 25.4 Å². The molecule has 2 aromatic heterocycles. The molecule has 1 saturated heterocycles. The summed E-state index contributed by atoms with van der Waals surface area (Å²) >= 11 is 1.52. The second kappa shape index (κ2) is 9.68. The van der Waals surface area contributed by atoms with E-state index in [9.17, 15) is 19.0 Å². The van der Waals surface area contributed by atoms with E-state index in [0.717, 1.165) is 30.2 Å². The van der Waals surface area contributed by atoms with Crippen molar-refractivity contribution in [3.05, 3.63) is 35.4 Å². The van der Waals surface area contributed by atoms with E-state index in [1.807, 2.05) is 0 Å². The fraction of sp³-hybridized carbons (Fsp3) is 0.545. The smallest absolute Gasteiger partial charge is 0.191 e. The summed E-state index contributed by atoms with van der Waals surface area (Å²) in [6.07, 6.45) is 1.27. The van der Waals surface area contributed by atoms with Gasteiger partial charge in [-0.2, -0.15) is 0 Å². The van der Waals surface area contributed by atoms with Gasteiger partial charge < -0.3 is 20.3 Å². The Morgan fingerprint density at radius 1 is 1.18 bits per heavy atom. The first-order chi connectivity index (χ1) is 16.5. The van der Waals surface area contributed by atoms with Crippen molar-refractivity contribution in [2.45, 2.75) is 61.6 Å². The van der Waals surface area contributed by atoms with E-state index in [4.69, 9.17) is 4.74 Å². The molecule has 1 aromatic carbocycles. The number of thioether (sulfide) groups is 1. The summed E-state index contributed by atoms with van der Waals surface area (Å²) in [5, 5.41) is 31.9. The maximum atomic E-state index is 13.7. The standard InChI is InChI=1S/C22H26F2N6O3S/c1-2-5-34-22-26-20(25-16-8-13(16)11-3-4-14(23)15(24)6-11)19-21(27-22)30(29-28-19)17-7-12(9-31)33-18(17)10-32/h3-4,6,12-13,16-18,31-32H,2,5,7-10H2,1H3,(H,25,26,27)/t12-,13+,16-,17-,18+/m1/s1. The van der Waals surface area contributed by atoms with Crippen LogP contribution in [0.5, 0.6) is 0 Å². The zero-order valence-electron chi connectivity index (χ0n) is 18.6. The van der Waals surface area contributed by atoms with Crippen molar-refractivity contribution >= 4 is 28.7 Å². The molecule has 12 heteroatoms. The molecule has 3 heterocycles. The molecule has 2 aliphatic rings. The van der Waals surface area contributed by atoms with Crippen LogP contribution in [0.2, 0.25) is 0 Å². The molecule has 2 fully saturated rings. The second-order valence-electron chi connectivity index (χ2n) is 8.64. The van der Waals surface area contributed by atoms with Crippen LogP contribution in [-0.2, 0) is 4.74 Å². The average molecular weight is 493 g/mol. The summed E-state index contributed by atoms with van der Waals surface area (Å²) in [7, 11) is 0. The number of nitrogens with one attached hydrogen (secondary N) is 1. The number of benzene rings is 1. The van der Waals surface area contributed by atoms with Crippen LogP contribution in [0.1, 0.15) is 43.7 Å². The zero-order valence-corrected chi connectivity index (χ0v) is 19.4. The van der Waals surface area contributed by atoms with Gasteiger partial charge in [0.2, 0.25) is 0 Å². The Hall–Kier alpha value is -2.41. The molecule has 0 bridgehead atoms. The fourth-order valence-electron chi connectivity index (χ4n) is 4.39. The molecule has 0 unspecified atom stereocenters. The van der Waals surface area contributed by atoms with Crippen LogP contribution in [-0.4, -0.2) is 72.4 Å². The van der Waals surface area contributed by atoms with E-state index in [1.54, 1.807) is 10.7 Å². The lowest BCUT2D eigenvalue weighted by molar-refractivity contribution is -0.0199. The lowest BCUT2D eigenvalue weighted by Gasteiger charge is -2.16. The van der Waals surface area contributed by atoms with Gasteiger partial charge in [-0.05, 0) is 30.5 Å². The summed E-state index contributed by atoms with van der Waals surface area (Å²) in [5.74, 6) is -0.308. The normalized spacial score (nSPS) is 26.3. The Kier molecular flexibility index (Phi) is 6.65. The number of aliphatic hydroxyl groups is 2. The van der Waals surface area contributed by atoms with Crippen LogP contribution in [0, 0.1) is 11.6 Å². The molecule has 1 saturated carbocycles. The third-order valence-electron chi connectivity index (χ3n) is 6.22. The number of fused-ring (bicyclic) bond motifs is 1. The van der Waals surface area contributed by atoms with Gasteiger partial charge in [-0.15, -0.1) is 5.10 Å². The van der Waals surface area contributed by atoms with Crippen LogP contribution in [0.3, 0.4) is 0 Å². The third kappa shape index (κ3) is 4.47. The number of ether oxygens (including phenoxy) is 1. The molecule has 34 heavy (non-hydrogen) atoms. The molecular weight excluding hydrogens is 466 g/mol. The van der Waals surface area contributed by atoms with Crippen molar-refractivity contribution in [1.82, 2.24) is 25.0 Å². The van der Waals surface area contributed by atoms with E-state index in [2.05, 4.69) is 32.5 Å². The number of rotatable bonds is 9. The van der Waals surface area contributed by atoms with Gasteiger partial charge >= 0.3 is 0 Å². The highest BCUT2D eigenvalue weighted by Gasteiger charge is 2.41. The van der Waals surface area contributed by atoms with Gasteiger partial charge in [0, 0.05) is 24.1 Å². The van der Waals surface area contributed by atoms with Crippen molar-refractivity contribution in [3.63, 3.8) is 0 Å². The van der Waals surface area contributed by atoms with Gasteiger partial charge in [-0.25, -0.2) is 23.4 Å². The fourth-order valence-corrected chi connectivity index (χ4v) is 5.08. The molecule has 1 aliphatic carbocycles. The minimum atomic E-state index is -0.860. The summed E-state index contributed by atoms with van der Waals surface area (Å²) in [4.78, 5) is 9.34. The van der Waals surface area contributed by atoms with Crippen LogP contribution in [0.15, 0.2) is 23.4 Å². The first-order valence-corrected chi connectivity index (χ1v) is 12.3. The van der Waals surface area contributed by atoms with Crippen LogP contribution < -0.4 is 5.32 Å². The largest absolute Gasteiger partial charge is 0.394 e. The van der Waals surface area contributed by atoms with Crippen molar-refractivity contribution < 1.29 is 23.7 Å². The van der Waals surface area contributed by atoms with Gasteiger partial charge in [0.1, 0.15) is 6.10 Å². The summed E-state index contributed by atoms with van der Waals surface area (Å²) in [6, 6.07) is 3.66. The monoisotopic (exact) mass is 492 g/mol. The van der Waals surface area contributed by atoms with Crippen molar-refractivity contribution in [1.29, 1.82) is 0 Å². The van der Waals surface area contributed by atoms with E-state index in [1.165, 1.54) is 17.8 Å². The predicted molar refractivity (Wildman–Crippen MR) is 122 cm³/mol. The number of hydrogen-bond donors (Lipinski definition) is 3. The van der Waals surface area contributed by atoms with Crippen molar-refractivity contribution in [2.75, 3.05) is 24.3 Å². The van der Waals surface area contributed by atoms with Gasteiger partial charge in [-0.1, -0.05) is 30.0 Å². The summed E-state index contributed by atoms with van der Waals surface area (Å²) in [5.41, 5.74) is 1.74. The molecule has 5 atom stereocenters. The first-order valence-electron chi connectivity index (χ1n) is 11.4. The third-order valence-corrected chi connectivity index (χ3v) is 7.27. The number of aromatic nitrogens is 5. The van der Waals surface area contributed by atoms with Crippen LogP contribution in [0.25, 0.3) is 11.2 Å². The molecule has 1 aliphatic heterocycles. The Labute approximate surface area is 198 Å². The first kappa shape index (κ1) is 23.3. The number of aliphatic hydroxyl groups excluding tert-OH is 2. The molecule has 3 N–H and O–H groups in total. The van der Waals surface area contributed by atoms with Crippen molar-refractivity contribution in [3.8, 4) is 0 Å². The topological polar surface area (TPSA) is 118 Å². The van der Waals surface area contributed by atoms with E-state index < -0.39 is 23.8 Å². The SMILES string of the molecule is CCCSc1nc(N[C@@H]2C[C@H]2c2ccc(F)c(F)c2)c2nnn([C@@H]3C[C@H](CO)O[C@H]3CO)c2n1. The summed E-state index contributed by atoms with van der Waals surface area (Å²) < 4.78 is 34.4. The number of halogens is 2. The van der Waals surface area contributed by atoms with E-state index >= 15 is 0 Å². The maximum Gasteiger partial charge on any atom is 0.191 e. The molecule has 182 valence electrons. The Bertz CT molecular complexity index is 1180. The number of hydrogen-bond acceptors (Lipinski definition) is 9. The van der Waals surface area contributed by atoms with E-state index in [0.29, 0.717) is 28.6 Å². The molecule has 0 spiro atoms. The molecule has 3 aromatic rings. The number of anilines is 1. The van der Waals surface area contributed by atoms with Crippen molar-refractivity contribution in [2.24, 2.45) is 0 Å². The van der Waals surface area contributed by atoms with Gasteiger partial charge in [0.25, 0.3) is 0 Å². The number of nitrogens with zero attached hydrogens (tertiary/aromatic N) is 5. The van der Waals surface area contributed by atoms with Gasteiger partial charge in [0.15, 0.2) is 33.8 Å². The average Bonchev–Trinajstić information content (AvgIpc) is 3.27. The highest BCUT2D eigenvalue weighted by Crippen LogP contribution is 2.44. The summed E-state index contributed by atoms with van der Waals surface area (Å²) in [6.45, 7) is 1.71. The molecule has 0 amide bonds. The predicted octanol–water partition coefficient (Wildman–Crippen LogP) is 2.65. The highest BCUT2D eigenvalue weighted by atomic mass is 32.2. The van der Waals surface area contributed by atoms with Gasteiger partial charge in [-0.3, -0.25) is 0 Å². The Morgan fingerprint density at radius 2 is 2.03 bits per heavy atom. The minimum absolute atomic E-state index is 0.00379. The lowest BCUT2D eigenvalue weighted by Crippen LogP contribution is -2.25. The minimum Gasteiger partial charge on any atom is -0.394 e.